The van der Waals surface area contributed by atoms with Crippen LogP contribution in [0.4, 0.5) is 0 Å². The molecular formula is C11H20N4. The average molecular weight is 208 g/mol. The van der Waals surface area contributed by atoms with Crippen molar-refractivity contribution in [2.75, 3.05) is 13.1 Å². The summed E-state index contributed by atoms with van der Waals surface area (Å²) in [6, 6.07) is 0. The highest BCUT2D eigenvalue weighted by Crippen LogP contribution is 2.12. The van der Waals surface area contributed by atoms with E-state index in [1.807, 2.05) is 0 Å². The number of hydrogen-bond donors (Lipinski definition) is 1. The fraction of sp³-hybridized carbons (Fsp3) is 0.818. The van der Waals surface area contributed by atoms with E-state index in [0.717, 1.165) is 50.0 Å². The maximum atomic E-state index is 4.54. The van der Waals surface area contributed by atoms with Crippen LogP contribution in [0.3, 0.4) is 0 Å². The molecule has 1 unspecified atom stereocenters. The molecule has 0 amide bonds. The highest BCUT2D eigenvalue weighted by atomic mass is 15.3. The number of hydrogen-bond acceptors (Lipinski definition) is 3. The molecule has 2 rings (SSSR count). The van der Waals surface area contributed by atoms with E-state index < -0.39 is 0 Å². The number of aromatic nitrogens is 3. The van der Waals surface area contributed by atoms with E-state index in [-0.39, 0.29) is 0 Å². The van der Waals surface area contributed by atoms with Crippen molar-refractivity contribution in [1.82, 2.24) is 20.1 Å². The third kappa shape index (κ3) is 2.37. The van der Waals surface area contributed by atoms with Gasteiger partial charge in [0.2, 0.25) is 0 Å². The molecule has 4 heteroatoms. The van der Waals surface area contributed by atoms with Crippen molar-refractivity contribution >= 4 is 0 Å². The Morgan fingerprint density at radius 2 is 2.27 bits per heavy atom. The summed E-state index contributed by atoms with van der Waals surface area (Å²) in [5.41, 5.74) is 0. The monoisotopic (exact) mass is 208 g/mol. The Balaban J connectivity index is 2.07. The van der Waals surface area contributed by atoms with Gasteiger partial charge in [-0.3, -0.25) is 0 Å². The van der Waals surface area contributed by atoms with Gasteiger partial charge in [-0.1, -0.05) is 13.8 Å². The first-order chi connectivity index (χ1) is 7.33. The number of aryl methyl sites for hydroxylation is 2. The van der Waals surface area contributed by atoms with Gasteiger partial charge in [-0.2, -0.15) is 5.10 Å². The number of nitrogens with one attached hydrogen (secondary N) is 1. The van der Waals surface area contributed by atoms with Crippen molar-refractivity contribution in [2.45, 2.75) is 39.7 Å². The molecule has 0 aromatic carbocycles. The molecule has 0 bridgehead atoms. The second-order valence-electron chi connectivity index (χ2n) is 4.19. The van der Waals surface area contributed by atoms with Crippen LogP contribution in [0.15, 0.2) is 0 Å². The van der Waals surface area contributed by atoms with Crippen molar-refractivity contribution in [3.8, 4) is 0 Å². The van der Waals surface area contributed by atoms with E-state index in [0.29, 0.717) is 0 Å². The molecular weight excluding hydrogens is 188 g/mol. The van der Waals surface area contributed by atoms with Crippen LogP contribution >= 0.6 is 0 Å². The Morgan fingerprint density at radius 1 is 1.40 bits per heavy atom. The Bertz CT molecular complexity index is 312. The van der Waals surface area contributed by atoms with Crippen LogP contribution in [-0.4, -0.2) is 27.9 Å². The standard InChI is InChI=1S/C11H20N4/c1-3-10-13-11(4-2)15(14-10)8-9-5-6-12-7-9/h9,12H,3-8H2,1-2H3. The zero-order chi connectivity index (χ0) is 10.7. The summed E-state index contributed by atoms with van der Waals surface area (Å²) in [5, 5.41) is 7.93. The first kappa shape index (κ1) is 10.6. The summed E-state index contributed by atoms with van der Waals surface area (Å²) in [6.07, 6.45) is 3.18. The first-order valence-corrected chi connectivity index (χ1v) is 5.96. The minimum atomic E-state index is 0.738. The normalized spacial score (nSPS) is 21.1. The van der Waals surface area contributed by atoms with Crippen molar-refractivity contribution in [2.24, 2.45) is 5.92 Å². The second kappa shape index (κ2) is 4.75. The van der Waals surface area contributed by atoms with Crippen LogP contribution in [0.5, 0.6) is 0 Å². The quantitative estimate of drug-likeness (QED) is 0.803. The highest BCUT2D eigenvalue weighted by Gasteiger charge is 2.17. The Hall–Kier alpha value is -0.900. The zero-order valence-corrected chi connectivity index (χ0v) is 9.66. The molecule has 1 N–H and O–H groups in total. The lowest BCUT2D eigenvalue weighted by Gasteiger charge is -2.09. The fourth-order valence-electron chi connectivity index (χ4n) is 2.10. The average Bonchev–Trinajstić information content (AvgIpc) is 2.87. The predicted octanol–water partition coefficient (Wildman–Crippen LogP) is 1.01. The van der Waals surface area contributed by atoms with Gasteiger partial charge in [-0.15, -0.1) is 0 Å². The lowest BCUT2D eigenvalue weighted by Crippen LogP contribution is -2.17. The van der Waals surface area contributed by atoms with Gasteiger partial charge < -0.3 is 5.32 Å². The lowest BCUT2D eigenvalue weighted by atomic mass is 10.1. The van der Waals surface area contributed by atoms with E-state index in [2.05, 4.69) is 33.9 Å². The molecule has 1 atom stereocenters. The van der Waals surface area contributed by atoms with Gasteiger partial charge in [0.1, 0.15) is 5.82 Å². The van der Waals surface area contributed by atoms with Crippen LogP contribution in [0, 0.1) is 5.92 Å². The third-order valence-corrected chi connectivity index (χ3v) is 3.02. The van der Waals surface area contributed by atoms with Gasteiger partial charge in [0.05, 0.1) is 0 Å². The third-order valence-electron chi connectivity index (χ3n) is 3.02. The zero-order valence-electron chi connectivity index (χ0n) is 9.66. The van der Waals surface area contributed by atoms with Crippen molar-refractivity contribution in [3.05, 3.63) is 11.6 Å². The smallest absolute Gasteiger partial charge is 0.150 e. The van der Waals surface area contributed by atoms with E-state index in [1.165, 1.54) is 6.42 Å². The SMILES string of the molecule is CCc1nc(CC)n(CC2CCNC2)n1. The summed E-state index contributed by atoms with van der Waals surface area (Å²) in [4.78, 5) is 4.52. The van der Waals surface area contributed by atoms with Gasteiger partial charge in [0, 0.05) is 19.4 Å². The van der Waals surface area contributed by atoms with Gasteiger partial charge >= 0.3 is 0 Å². The van der Waals surface area contributed by atoms with Gasteiger partial charge in [0.15, 0.2) is 5.82 Å². The molecule has 1 aliphatic heterocycles. The number of rotatable bonds is 4. The van der Waals surface area contributed by atoms with E-state index in [1.54, 1.807) is 0 Å². The molecule has 0 radical (unpaired) electrons. The van der Waals surface area contributed by atoms with Crippen LogP contribution < -0.4 is 5.32 Å². The Labute approximate surface area is 91.1 Å². The molecule has 1 aromatic rings. The van der Waals surface area contributed by atoms with Gasteiger partial charge in [0.25, 0.3) is 0 Å². The minimum absolute atomic E-state index is 0.738. The molecule has 1 fully saturated rings. The van der Waals surface area contributed by atoms with Crippen LogP contribution in [0.25, 0.3) is 0 Å². The molecule has 1 aromatic heterocycles. The summed E-state index contributed by atoms with van der Waals surface area (Å²) in [6.45, 7) is 7.57. The molecule has 84 valence electrons. The van der Waals surface area contributed by atoms with Crippen molar-refractivity contribution in [3.63, 3.8) is 0 Å². The van der Waals surface area contributed by atoms with Crippen molar-refractivity contribution < 1.29 is 0 Å². The topological polar surface area (TPSA) is 42.7 Å². The highest BCUT2D eigenvalue weighted by molar-refractivity contribution is 4.93. The maximum Gasteiger partial charge on any atom is 0.150 e. The molecule has 0 aliphatic carbocycles. The van der Waals surface area contributed by atoms with Crippen LogP contribution in [-0.2, 0) is 19.4 Å². The lowest BCUT2D eigenvalue weighted by molar-refractivity contribution is 0.435. The van der Waals surface area contributed by atoms with E-state index >= 15 is 0 Å². The van der Waals surface area contributed by atoms with Crippen LogP contribution in [0.2, 0.25) is 0 Å². The first-order valence-electron chi connectivity index (χ1n) is 5.96. The number of nitrogens with zero attached hydrogens (tertiary/aromatic N) is 3. The largest absolute Gasteiger partial charge is 0.316 e. The Kier molecular flexibility index (Phi) is 3.36. The molecule has 1 aliphatic rings. The second-order valence-corrected chi connectivity index (χ2v) is 4.19. The molecule has 0 spiro atoms. The van der Waals surface area contributed by atoms with E-state index in [4.69, 9.17) is 0 Å². The Morgan fingerprint density at radius 3 is 2.87 bits per heavy atom. The fourth-order valence-corrected chi connectivity index (χ4v) is 2.10. The molecule has 2 heterocycles. The summed E-state index contributed by atoms with van der Waals surface area (Å²) in [5.74, 6) is 2.86. The molecule has 4 nitrogen and oxygen atoms in total. The molecule has 15 heavy (non-hydrogen) atoms. The summed E-state index contributed by atoms with van der Waals surface area (Å²) >= 11 is 0. The molecule has 0 saturated carbocycles. The summed E-state index contributed by atoms with van der Waals surface area (Å²) < 4.78 is 2.11. The van der Waals surface area contributed by atoms with Crippen molar-refractivity contribution in [1.29, 1.82) is 0 Å². The van der Waals surface area contributed by atoms with Gasteiger partial charge in [-0.25, -0.2) is 9.67 Å². The maximum absolute atomic E-state index is 4.54. The van der Waals surface area contributed by atoms with Crippen LogP contribution in [0.1, 0.15) is 31.9 Å². The van der Waals surface area contributed by atoms with Gasteiger partial charge in [-0.05, 0) is 25.4 Å². The summed E-state index contributed by atoms with van der Waals surface area (Å²) in [7, 11) is 0. The van der Waals surface area contributed by atoms with E-state index in [9.17, 15) is 0 Å². The molecule has 1 saturated heterocycles. The minimum Gasteiger partial charge on any atom is -0.316 e. The predicted molar refractivity (Wildman–Crippen MR) is 59.8 cm³/mol.